The second-order valence-corrected chi connectivity index (χ2v) is 2.92. The normalized spacial score (nSPS) is 9.09. The maximum Gasteiger partial charge on any atom is 1.00 e. The van der Waals surface area contributed by atoms with Crippen LogP contribution >= 0.6 is 46.4 Å². The Morgan fingerprint density at radius 3 is 1.55 bits per heavy atom. The first-order valence-corrected chi connectivity index (χ1v) is 3.72. The molecule has 1 aromatic heterocycles. The number of nitrogens with zero attached hydrogens (tertiary/aromatic N) is 1. The van der Waals surface area contributed by atoms with Gasteiger partial charge < -0.3 is 4.98 Å². The van der Waals surface area contributed by atoms with E-state index in [0.29, 0.717) is 0 Å². The molecule has 0 N–H and O–H groups in total. The molecule has 1 nitrogen and oxygen atoms in total. The van der Waals surface area contributed by atoms with Crippen molar-refractivity contribution in [2.75, 3.05) is 0 Å². The van der Waals surface area contributed by atoms with Crippen molar-refractivity contribution in [1.82, 2.24) is 4.98 Å². The molecule has 0 aliphatic rings. The van der Waals surface area contributed by atoms with E-state index in [0.717, 1.165) is 0 Å². The average molecular weight is 279 g/mol. The summed E-state index contributed by atoms with van der Waals surface area (Å²) in [4.78, 5) is 3.61. The van der Waals surface area contributed by atoms with Gasteiger partial charge in [0.1, 0.15) is 0 Å². The molecule has 0 aliphatic carbocycles. The molecular weight excluding hydrogens is 279 g/mol. The van der Waals surface area contributed by atoms with E-state index in [1.54, 1.807) is 0 Å². The van der Waals surface area contributed by atoms with Crippen LogP contribution in [0.3, 0.4) is 0 Å². The summed E-state index contributed by atoms with van der Waals surface area (Å²) in [7, 11) is 0. The van der Waals surface area contributed by atoms with Crippen molar-refractivity contribution in [3.8, 4) is 0 Å². The molecule has 6 heteroatoms. The minimum atomic E-state index is 0. The van der Waals surface area contributed by atoms with Crippen molar-refractivity contribution in [3.05, 3.63) is 26.4 Å². The fraction of sp³-hybridized carbons (Fsp3) is 0. The molecule has 0 aromatic carbocycles. The SMILES string of the molecule is Clc1[c-]c(Cl)c(Cl)nc1Cl.[Cu+]. The summed E-state index contributed by atoms with van der Waals surface area (Å²) < 4.78 is 0. The van der Waals surface area contributed by atoms with Crippen LogP contribution in [-0.4, -0.2) is 4.98 Å². The van der Waals surface area contributed by atoms with Crippen LogP contribution in [0.1, 0.15) is 0 Å². The Morgan fingerprint density at radius 2 is 1.27 bits per heavy atom. The van der Waals surface area contributed by atoms with Crippen LogP contribution in [0.5, 0.6) is 0 Å². The number of hydrogen-bond donors (Lipinski definition) is 0. The molecule has 0 saturated carbocycles. The van der Waals surface area contributed by atoms with E-state index < -0.39 is 0 Å². The van der Waals surface area contributed by atoms with E-state index >= 15 is 0 Å². The largest absolute Gasteiger partial charge is 1.00 e. The Hall–Kier alpha value is 0.829. The first-order chi connectivity index (χ1) is 4.61. The smallest absolute Gasteiger partial charge is 0.351 e. The zero-order valence-corrected chi connectivity index (χ0v) is 8.73. The standard InChI is InChI=1S/C5Cl4N.Cu/c6-2-1-3(7)5(9)10-4(2)8;/q-1;+1. The Morgan fingerprint density at radius 1 is 0.909 bits per heavy atom. The third-order valence-electron chi connectivity index (χ3n) is 0.778. The second-order valence-electron chi connectivity index (χ2n) is 1.45. The number of halogens is 4. The van der Waals surface area contributed by atoms with Crippen LogP contribution in [-0.2, 0) is 17.1 Å². The van der Waals surface area contributed by atoms with Crippen LogP contribution in [0.4, 0.5) is 0 Å². The minimum absolute atomic E-state index is 0. The molecule has 0 fully saturated rings. The fourth-order valence-corrected chi connectivity index (χ4v) is 1.01. The monoisotopic (exact) mass is 277 g/mol. The van der Waals surface area contributed by atoms with Gasteiger partial charge in [-0.15, -0.1) is 52.5 Å². The van der Waals surface area contributed by atoms with E-state index in [4.69, 9.17) is 46.4 Å². The molecular formula is C5Cl4CuN. The van der Waals surface area contributed by atoms with Crippen molar-refractivity contribution < 1.29 is 17.1 Å². The summed E-state index contributed by atoms with van der Waals surface area (Å²) in [6.07, 6.45) is 0. The van der Waals surface area contributed by atoms with E-state index in [1.807, 2.05) is 0 Å². The number of aromatic nitrogens is 1. The maximum atomic E-state index is 5.49. The summed E-state index contributed by atoms with van der Waals surface area (Å²) in [5.74, 6) is 0. The first kappa shape index (κ1) is 11.8. The zero-order chi connectivity index (χ0) is 7.72. The van der Waals surface area contributed by atoms with Gasteiger partial charge in [0.2, 0.25) is 0 Å². The second kappa shape index (κ2) is 4.76. The van der Waals surface area contributed by atoms with E-state index in [-0.39, 0.29) is 37.4 Å². The van der Waals surface area contributed by atoms with Crippen LogP contribution in [0.25, 0.3) is 0 Å². The van der Waals surface area contributed by atoms with Gasteiger partial charge >= 0.3 is 17.1 Å². The van der Waals surface area contributed by atoms with Gasteiger partial charge in [-0.25, -0.2) is 0 Å². The number of pyridine rings is 1. The Labute approximate surface area is 94.5 Å². The zero-order valence-electron chi connectivity index (χ0n) is 4.76. The predicted octanol–water partition coefficient (Wildman–Crippen LogP) is 3.49. The summed E-state index contributed by atoms with van der Waals surface area (Å²) in [6, 6.07) is 2.51. The maximum absolute atomic E-state index is 5.49. The molecule has 1 rings (SSSR count). The van der Waals surface area contributed by atoms with Gasteiger partial charge in [0.25, 0.3) is 0 Å². The number of rotatable bonds is 0. The molecule has 0 saturated heterocycles. The molecule has 0 bridgehead atoms. The van der Waals surface area contributed by atoms with Crippen LogP contribution in [0.15, 0.2) is 0 Å². The van der Waals surface area contributed by atoms with Crippen LogP contribution in [0.2, 0.25) is 20.4 Å². The predicted molar refractivity (Wildman–Crippen MR) is 43.1 cm³/mol. The summed E-state index contributed by atoms with van der Waals surface area (Å²) in [5, 5.41) is 0.569. The Balaban J connectivity index is 0.000001000. The first-order valence-electron chi connectivity index (χ1n) is 2.20. The van der Waals surface area contributed by atoms with Gasteiger partial charge in [0, 0.05) is 10.3 Å². The van der Waals surface area contributed by atoms with Gasteiger partial charge in [-0.2, -0.15) is 0 Å². The Kier molecular flexibility index (Phi) is 5.12. The molecule has 0 spiro atoms. The molecule has 0 amide bonds. The minimum Gasteiger partial charge on any atom is -0.351 e. The van der Waals surface area contributed by atoms with Crippen molar-refractivity contribution in [2.45, 2.75) is 0 Å². The number of hydrogen-bond acceptors (Lipinski definition) is 1. The summed E-state index contributed by atoms with van der Waals surface area (Å²) in [5.41, 5.74) is 0. The van der Waals surface area contributed by atoms with Gasteiger partial charge in [0.05, 0.1) is 0 Å². The molecule has 1 aromatic rings. The average Bonchev–Trinajstić information content (AvgIpc) is 1.84. The summed E-state index contributed by atoms with van der Waals surface area (Å²) >= 11 is 21.9. The topological polar surface area (TPSA) is 12.9 Å². The molecule has 0 aliphatic heterocycles. The molecule has 64 valence electrons. The van der Waals surface area contributed by atoms with Gasteiger partial charge in [-0.1, -0.05) is 0 Å². The van der Waals surface area contributed by atoms with E-state index in [2.05, 4.69) is 11.1 Å². The van der Waals surface area contributed by atoms with E-state index in [9.17, 15) is 0 Å². The van der Waals surface area contributed by atoms with Gasteiger partial charge in [0.15, 0.2) is 0 Å². The quantitative estimate of drug-likeness (QED) is 0.402. The van der Waals surface area contributed by atoms with Crippen molar-refractivity contribution in [2.24, 2.45) is 0 Å². The van der Waals surface area contributed by atoms with Crippen LogP contribution in [0, 0.1) is 6.07 Å². The van der Waals surface area contributed by atoms with Crippen molar-refractivity contribution in [1.29, 1.82) is 0 Å². The fourth-order valence-electron chi connectivity index (χ4n) is 0.384. The van der Waals surface area contributed by atoms with Crippen molar-refractivity contribution in [3.63, 3.8) is 0 Å². The molecule has 0 radical (unpaired) electrons. The molecule has 0 unspecified atom stereocenters. The summed E-state index contributed by atoms with van der Waals surface area (Å²) in [6.45, 7) is 0. The van der Waals surface area contributed by atoms with Gasteiger partial charge in [-0.3, -0.25) is 0 Å². The third-order valence-corrected chi connectivity index (χ3v) is 2.07. The molecule has 11 heavy (non-hydrogen) atoms. The molecule has 1 heterocycles. The van der Waals surface area contributed by atoms with Crippen LogP contribution < -0.4 is 0 Å². The van der Waals surface area contributed by atoms with E-state index in [1.165, 1.54) is 0 Å². The third kappa shape index (κ3) is 2.98. The molecule has 0 atom stereocenters. The van der Waals surface area contributed by atoms with Crippen molar-refractivity contribution >= 4 is 46.4 Å². The Bertz CT molecular complexity index is 215. The van der Waals surface area contributed by atoms with Gasteiger partial charge in [-0.05, 0) is 10.0 Å².